The standard InChI is InChI=1S/C17H20F3N5O3S/c1-12-9-25(14-2-4-15(5-3-14)28-17(18,19)20)11-24(12)10-13-6-7-22-16(8-13)23-29(21,26)27/h2-8,12H,9-11H2,1H3,(H,22,23)(H2,21,26,27). The Labute approximate surface area is 166 Å². The molecular weight excluding hydrogens is 411 g/mol. The van der Waals surface area contributed by atoms with Crippen LogP contribution in [-0.4, -0.2) is 43.9 Å². The second-order valence-corrected chi connectivity index (χ2v) is 7.99. The fourth-order valence-corrected chi connectivity index (χ4v) is 3.51. The number of rotatable bonds is 6. The van der Waals surface area contributed by atoms with E-state index in [2.05, 4.69) is 19.3 Å². The molecule has 3 rings (SSSR count). The van der Waals surface area contributed by atoms with Crippen LogP contribution < -0.4 is 19.5 Å². The van der Waals surface area contributed by atoms with Gasteiger partial charge in [-0.2, -0.15) is 8.42 Å². The molecule has 1 aromatic heterocycles. The zero-order valence-electron chi connectivity index (χ0n) is 15.4. The number of halogens is 3. The van der Waals surface area contributed by atoms with Crippen LogP contribution >= 0.6 is 0 Å². The molecule has 158 valence electrons. The molecular formula is C17H20F3N5O3S. The number of benzene rings is 1. The smallest absolute Gasteiger partial charge is 0.406 e. The second-order valence-electron chi connectivity index (χ2n) is 6.70. The van der Waals surface area contributed by atoms with Crippen molar-refractivity contribution in [3.8, 4) is 5.75 Å². The zero-order chi connectivity index (χ0) is 21.2. The van der Waals surface area contributed by atoms with Crippen molar-refractivity contribution in [2.24, 2.45) is 5.14 Å². The summed E-state index contributed by atoms with van der Waals surface area (Å²) in [5, 5.41) is 4.96. The van der Waals surface area contributed by atoms with Gasteiger partial charge >= 0.3 is 6.36 Å². The molecule has 1 fully saturated rings. The minimum absolute atomic E-state index is 0.133. The van der Waals surface area contributed by atoms with E-state index in [1.165, 1.54) is 18.3 Å². The summed E-state index contributed by atoms with van der Waals surface area (Å²) >= 11 is 0. The Morgan fingerprint density at radius 3 is 2.59 bits per heavy atom. The SMILES string of the molecule is CC1CN(c2ccc(OC(F)(F)F)cc2)CN1Cc1ccnc(NS(N)(=O)=O)c1. The van der Waals surface area contributed by atoms with Crippen LogP contribution in [-0.2, 0) is 16.8 Å². The van der Waals surface area contributed by atoms with Crippen LogP contribution in [0.5, 0.6) is 5.75 Å². The maximum Gasteiger partial charge on any atom is 0.573 e. The van der Waals surface area contributed by atoms with Gasteiger partial charge in [0.2, 0.25) is 0 Å². The normalized spacial score (nSPS) is 18.1. The van der Waals surface area contributed by atoms with Crippen LogP contribution in [0.2, 0.25) is 0 Å². The molecule has 1 atom stereocenters. The van der Waals surface area contributed by atoms with E-state index in [4.69, 9.17) is 5.14 Å². The van der Waals surface area contributed by atoms with Gasteiger partial charge in [-0.05, 0) is 48.9 Å². The summed E-state index contributed by atoms with van der Waals surface area (Å²) in [6.45, 7) is 3.81. The highest BCUT2D eigenvalue weighted by atomic mass is 32.2. The molecule has 0 spiro atoms. The molecule has 3 N–H and O–H groups in total. The molecule has 0 saturated carbocycles. The Hall–Kier alpha value is -2.57. The molecule has 2 aromatic rings. The quantitative estimate of drug-likeness (QED) is 0.728. The van der Waals surface area contributed by atoms with Crippen molar-refractivity contribution in [1.29, 1.82) is 0 Å². The average Bonchev–Trinajstić information content (AvgIpc) is 2.93. The minimum Gasteiger partial charge on any atom is -0.406 e. The number of hydrogen-bond acceptors (Lipinski definition) is 6. The lowest BCUT2D eigenvalue weighted by molar-refractivity contribution is -0.274. The molecule has 1 unspecified atom stereocenters. The summed E-state index contributed by atoms with van der Waals surface area (Å²) in [7, 11) is -3.91. The van der Waals surface area contributed by atoms with Crippen LogP contribution in [0.3, 0.4) is 0 Å². The maximum absolute atomic E-state index is 12.3. The molecule has 12 heteroatoms. The Morgan fingerprint density at radius 1 is 1.28 bits per heavy atom. The van der Waals surface area contributed by atoms with E-state index >= 15 is 0 Å². The van der Waals surface area contributed by atoms with Crippen molar-refractivity contribution in [1.82, 2.24) is 9.88 Å². The Bertz CT molecular complexity index is 954. The third kappa shape index (κ3) is 6.21. The van der Waals surface area contributed by atoms with Crippen molar-refractivity contribution in [3.05, 3.63) is 48.2 Å². The highest BCUT2D eigenvalue weighted by molar-refractivity contribution is 7.90. The number of alkyl halides is 3. The topological polar surface area (TPSA) is 101 Å². The lowest BCUT2D eigenvalue weighted by Gasteiger charge is -2.21. The van der Waals surface area contributed by atoms with E-state index in [9.17, 15) is 21.6 Å². The highest BCUT2D eigenvalue weighted by Crippen LogP contribution is 2.28. The van der Waals surface area contributed by atoms with E-state index in [0.29, 0.717) is 19.8 Å². The van der Waals surface area contributed by atoms with Gasteiger partial charge < -0.3 is 9.64 Å². The fourth-order valence-electron chi connectivity index (χ4n) is 3.11. The van der Waals surface area contributed by atoms with E-state index < -0.39 is 16.6 Å². The van der Waals surface area contributed by atoms with E-state index in [-0.39, 0.29) is 17.6 Å². The van der Waals surface area contributed by atoms with Gasteiger partial charge in [0.25, 0.3) is 10.2 Å². The molecule has 1 aliphatic rings. The van der Waals surface area contributed by atoms with Crippen molar-refractivity contribution in [3.63, 3.8) is 0 Å². The number of hydrogen-bond donors (Lipinski definition) is 2. The van der Waals surface area contributed by atoms with Crippen LogP contribution in [0.15, 0.2) is 42.6 Å². The third-order valence-corrected chi connectivity index (χ3v) is 4.85. The molecule has 1 aromatic carbocycles. The molecule has 0 aliphatic carbocycles. The largest absolute Gasteiger partial charge is 0.573 e. The van der Waals surface area contributed by atoms with Crippen LogP contribution in [0.4, 0.5) is 24.7 Å². The molecule has 1 aliphatic heterocycles. The van der Waals surface area contributed by atoms with Crippen LogP contribution in [0, 0.1) is 0 Å². The number of pyridine rings is 1. The van der Waals surface area contributed by atoms with Gasteiger partial charge in [0.1, 0.15) is 11.6 Å². The van der Waals surface area contributed by atoms with Crippen molar-refractivity contribution in [2.75, 3.05) is 22.8 Å². The number of aromatic nitrogens is 1. The Balaban J connectivity index is 1.65. The highest BCUT2D eigenvalue weighted by Gasteiger charge is 2.31. The number of nitrogens with two attached hydrogens (primary N) is 1. The van der Waals surface area contributed by atoms with Crippen molar-refractivity contribution < 1.29 is 26.3 Å². The van der Waals surface area contributed by atoms with E-state index in [1.807, 2.05) is 11.8 Å². The molecule has 0 amide bonds. The van der Waals surface area contributed by atoms with Gasteiger partial charge in [-0.1, -0.05) is 0 Å². The Kier molecular flexibility index (Phi) is 5.87. The molecule has 0 radical (unpaired) electrons. The molecule has 2 heterocycles. The van der Waals surface area contributed by atoms with E-state index in [0.717, 1.165) is 11.3 Å². The van der Waals surface area contributed by atoms with Gasteiger partial charge in [0.15, 0.2) is 0 Å². The monoisotopic (exact) mass is 431 g/mol. The lowest BCUT2D eigenvalue weighted by atomic mass is 10.2. The summed E-state index contributed by atoms with van der Waals surface area (Å²) in [4.78, 5) is 8.11. The first-order valence-electron chi connectivity index (χ1n) is 8.59. The summed E-state index contributed by atoms with van der Waals surface area (Å²) in [5.41, 5.74) is 1.62. The third-order valence-electron chi connectivity index (χ3n) is 4.35. The van der Waals surface area contributed by atoms with Crippen molar-refractivity contribution >= 4 is 21.7 Å². The minimum atomic E-state index is -4.72. The molecule has 29 heavy (non-hydrogen) atoms. The van der Waals surface area contributed by atoms with Crippen molar-refractivity contribution in [2.45, 2.75) is 25.9 Å². The summed E-state index contributed by atoms with van der Waals surface area (Å²) in [5.74, 6) is -0.133. The van der Waals surface area contributed by atoms with Gasteiger partial charge in [-0.25, -0.2) is 10.1 Å². The van der Waals surface area contributed by atoms with E-state index in [1.54, 1.807) is 24.3 Å². The first-order chi connectivity index (χ1) is 13.5. The average molecular weight is 431 g/mol. The summed E-state index contributed by atoms with van der Waals surface area (Å²) in [6.07, 6.45) is -3.23. The first kappa shape index (κ1) is 21.1. The van der Waals surface area contributed by atoms with Crippen LogP contribution in [0.1, 0.15) is 12.5 Å². The van der Waals surface area contributed by atoms with Gasteiger partial charge in [0, 0.05) is 31.0 Å². The van der Waals surface area contributed by atoms with Crippen LogP contribution in [0.25, 0.3) is 0 Å². The predicted octanol–water partition coefficient (Wildman–Crippen LogP) is 2.26. The first-order valence-corrected chi connectivity index (χ1v) is 10.1. The Morgan fingerprint density at radius 2 is 1.97 bits per heavy atom. The second kappa shape index (κ2) is 8.05. The summed E-state index contributed by atoms with van der Waals surface area (Å²) < 4.78 is 65.2. The summed E-state index contributed by atoms with van der Waals surface area (Å²) in [6, 6.07) is 9.27. The number of ether oxygens (including phenoxy) is 1. The predicted molar refractivity (Wildman–Crippen MR) is 101 cm³/mol. The molecule has 1 saturated heterocycles. The maximum atomic E-state index is 12.3. The lowest BCUT2D eigenvalue weighted by Crippen LogP contribution is -2.28. The van der Waals surface area contributed by atoms with Gasteiger partial charge in [-0.3, -0.25) is 9.62 Å². The van der Waals surface area contributed by atoms with Gasteiger partial charge in [0.05, 0.1) is 6.67 Å². The fraction of sp³-hybridized carbons (Fsp3) is 0.353. The zero-order valence-corrected chi connectivity index (χ0v) is 16.2. The number of anilines is 2. The number of nitrogens with one attached hydrogen (secondary N) is 1. The number of nitrogens with zero attached hydrogens (tertiary/aromatic N) is 3. The van der Waals surface area contributed by atoms with Gasteiger partial charge in [-0.15, -0.1) is 13.2 Å². The molecule has 8 nitrogen and oxygen atoms in total. The molecule has 0 bridgehead atoms.